The van der Waals surface area contributed by atoms with Crippen LogP contribution in [0.5, 0.6) is 0 Å². The van der Waals surface area contributed by atoms with E-state index >= 15 is 4.39 Å². The van der Waals surface area contributed by atoms with Gasteiger partial charge in [0.25, 0.3) is 0 Å². The zero-order valence-corrected chi connectivity index (χ0v) is 25.7. The van der Waals surface area contributed by atoms with E-state index in [0.29, 0.717) is 40.3 Å². The SMILES string of the molecule is CCCCOC(=O)N(C(=O)O)c1cncc(-c2cc3cc(Nc4cc5n(n4)CC(=O)N(C)CC54CC4)ncc3c(Cl)c2F)c1C. The smallest absolute Gasteiger partial charge is 0.424 e. The summed E-state index contributed by atoms with van der Waals surface area (Å²) in [6.07, 6.45) is 4.72. The highest BCUT2D eigenvalue weighted by Crippen LogP contribution is 2.50. The Morgan fingerprint density at radius 3 is 2.67 bits per heavy atom. The number of nitrogens with zero attached hydrogens (tertiary/aromatic N) is 6. The maximum absolute atomic E-state index is 15.7. The van der Waals surface area contributed by atoms with Gasteiger partial charge in [0.15, 0.2) is 5.82 Å². The quantitative estimate of drug-likeness (QED) is 0.225. The van der Waals surface area contributed by atoms with E-state index in [2.05, 4.69) is 20.4 Å². The van der Waals surface area contributed by atoms with Crippen molar-refractivity contribution >= 4 is 57.8 Å². The molecule has 1 aliphatic heterocycles. The van der Waals surface area contributed by atoms with Crippen LogP contribution in [-0.4, -0.2) is 68.0 Å². The summed E-state index contributed by atoms with van der Waals surface area (Å²) in [7, 11) is 1.81. The molecule has 1 aliphatic carbocycles. The third kappa shape index (κ3) is 5.52. The summed E-state index contributed by atoms with van der Waals surface area (Å²) >= 11 is 6.48. The number of carbonyl (C=O) groups is 3. The molecule has 12 nitrogen and oxygen atoms in total. The molecule has 0 bridgehead atoms. The van der Waals surface area contributed by atoms with Gasteiger partial charge in [-0.15, -0.1) is 0 Å². The van der Waals surface area contributed by atoms with E-state index in [1.807, 2.05) is 20.0 Å². The summed E-state index contributed by atoms with van der Waals surface area (Å²) in [6, 6.07) is 5.20. The Kier molecular flexibility index (Phi) is 7.81. The molecule has 4 aromatic rings. The molecule has 3 aromatic heterocycles. The van der Waals surface area contributed by atoms with Gasteiger partial charge in [-0.1, -0.05) is 24.9 Å². The number of aromatic nitrogens is 4. The standard InChI is InChI=1S/C31H31ClFN7O5/c1-4-5-8-45-30(44)40(29(42)43)22-14-34-12-20(17(22)2)19-9-18-10-24(35-13-21(18)27(32)28(19)33)36-25-11-23-31(6-7-31)16-38(3)26(41)15-39(23)37-25/h9-14H,4-8,15-16H2,1-3H3,(H,42,43)(H,35,36,37). The van der Waals surface area contributed by atoms with Gasteiger partial charge in [-0.25, -0.2) is 19.0 Å². The number of rotatable bonds is 7. The zero-order valence-electron chi connectivity index (χ0n) is 24.9. The van der Waals surface area contributed by atoms with Gasteiger partial charge in [-0.2, -0.15) is 10.00 Å². The number of fused-ring (bicyclic) bond motifs is 3. The summed E-state index contributed by atoms with van der Waals surface area (Å²) in [5, 5.41) is 18.4. The van der Waals surface area contributed by atoms with Crippen LogP contribution in [0, 0.1) is 12.7 Å². The highest BCUT2D eigenvalue weighted by atomic mass is 35.5. The van der Waals surface area contributed by atoms with Crippen LogP contribution in [0.3, 0.4) is 0 Å². The molecule has 234 valence electrons. The minimum atomic E-state index is -1.56. The van der Waals surface area contributed by atoms with Gasteiger partial charge in [0.2, 0.25) is 5.91 Å². The Morgan fingerprint density at radius 2 is 1.96 bits per heavy atom. The molecule has 0 unspecified atom stereocenters. The second-order valence-corrected chi connectivity index (χ2v) is 11.9. The van der Waals surface area contributed by atoms with Crippen molar-refractivity contribution in [1.29, 1.82) is 0 Å². The van der Waals surface area contributed by atoms with E-state index in [4.69, 9.17) is 16.3 Å². The summed E-state index contributed by atoms with van der Waals surface area (Å²) in [6.45, 7) is 4.34. The first-order valence-corrected chi connectivity index (χ1v) is 14.9. The molecule has 14 heteroatoms. The van der Waals surface area contributed by atoms with Crippen LogP contribution in [0.4, 0.5) is 31.3 Å². The van der Waals surface area contributed by atoms with Crippen LogP contribution < -0.4 is 10.2 Å². The average molecular weight is 636 g/mol. The normalized spacial score (nSPS) is 15.1. The van der Waals surface area contributed by atoms with Crippen molar-refractivity contribution in [2.45, 2.75) is 51.5 Å². The van der Waals surface area contributed by atoms with Crippen LogP contribution in [0.15, 0.2) is 36.8 Å². The molecule has 0 radical (unpaired) electrons. The molecule has 1 aromatic carbocycles. The number of likely N-dealkylation sites (N-methyl/N-ethyl adjacent to an activating group) is 1. The Bertz CT molecular complexity index is 1860. The van der Waals surface area contributed by atoms with Crippen LogP contribution in [0.25, 0.3) is 21.9 Å². The van der Waals surface area contributed by atoms with Crippen LogP contribution in [0.2, 0.25) is 5.02 Å². The number of ether oxygens (including phenoxy) is 1. The van der Waals surface area contributed by atoms with Crippen LogP contribution >= 0.6 is 11.6 Å². The number of carbonyl (C=O) groups excluding carboxylic acids is 2. The second kappa shape index (κ2) is 11.6. The summed E-state index contributed by atoms with van der Waals surface area (Å²) in [4.78, 5) is 48.0. The van der Waals surface area contributed by atoms with E-state index in [-0.39, 0.29) is 51.9 Å². The van der Waals surface area contributed by atoms with E-state index in [9.17, 15) is 19.5 Å². The lowest BCUT2D eigenvalue weighted by Crippen LogP contribution is -2.37. The fourth-order valence-electron chi connectivity index (χ4n) is 5.75. The molecule has 0 atom stereocenters. The van der Waals surface area contributed by atoms with Crippen molar-refractivity contribution < 1.29 is 28.6 Å². The average Bonchev–Trinajstić information content (AvgIpc) is 3.68. The first-order valence-electron chi connectivity index (χ1n) is 14.5. The Hall–Kier alpha value is -4.78. The molecule has 1 fully saturated rings. The number of imide groups is 1. The monoisotopic (exact) mass is 635 g/mol. The number of carboxylic acid groups (broad SMARTS) is 1. The van der Waals surface area contributed by atoms with Crippen molar-refractivity contribution in [2.75, 3.05) is 30.4 Å². The molecule has 6 rings (SSSR count). The minimum Gasteiger partial charge on any atom is -0.464 e. The van der Waals surface area contributed by atoms with Gasteiger partial charge >= 0.3 is 12.2 Å². The van der Waals surface area contributed by atoms with E-state index in [0.717, 1.165) is 25.0 Å². The topological polar surface area (TPSA) is 143 Å². The Morgan fingerprint density at radius 1 is 1.18 bits per heavy atom. The van der Waals surface area contributed by atoms with Crippen molar-refractivity contribution in [2.24, 2.45) is 0 Å². The lowest BCUT2D eigenvalue weighted by molar-refractivity contribution is -0.130. The van der Waals surface area contributed by atoms with Crippen molar-refractivity contribution in [3.63, 3.8) is 0 Å². The molecule has 45 heavy (non-hydrogen) atoms. The first kappa shape index (κ1) is 30.3. The molecule has 1 spiro atoms. The Labute approximate surface area is 262 Å². The van der Waals surface area contributed by atoms with Gasteiger partial charge < -0.3 is 20.1 Å². The number of hydrogen-bond donors (Lipinski definition) is 2. The maximum atomic E-state index is 15.7. The number of unbranched alkanes of at least 4 members (excludes halogenated alkanes) is 1. The zero-order chi connectivity index (χ0) is 32.0. The van der Waals surface area contributed by atoms with E-state index in [1.54, 1.807) is 28.6 Å². The summed E-state index contributed by atoms with van der Waals surface area (Å²) < 4.78 is 22.6. The number of hydrogen-bond acceptors (Lipinski definition) is 8. The second-order valence-electron chi connectivity index (χ2n) is 11.5. The molecule has 4 heterocycles. The van der Waals surface area contributed by atoms with Gasteiger partial charge in [0.05, 0.1) is 23.5 Å². The Balaban J connectivity index is 1.34. The molecule has 2 N–H and O–H groups in total. The molecular weight excluding hydrogens is 605 g/mol. The van der Waals surface area contributed by atoms with E-state index < -0.39 is 18.0 Å². The molecule has 0 saturated heterocycles. The minimum absolute atomic E-state index is 0.00332. The molecular formula is C31H31ClFN7O5. The lowest BCUT2D eigenvalue weighted by Gasteiger charge is -2.20. The van der Waals surface area contributed by atoms with Crippen molar-refractivity contribution in [3.05, 3.63) is 58.9 Å². The van der Waals surface area contributed by atoms with Crippen molar-refractivity contribution in [3.8, 4) is 11.1 Å². The van der Waals surface area contributed by atoms with Gasteiger partial charge in [-0.3, -0.25) is 14.5 Å². The van der Waals surface area contributed by atoms with Crippen LogP contribution in [0.1, 0.15) is 43.9 Å². The predicted octanol–water partition coefficient (Wildman–Crippen LogP) is 6.26. The number of anilines is 3. The largest absolute Gasteiger partial charge is 0.464 e. The fraction of sp³-hybridized carbons (Fsp3) is 0.355. The van der Waals surface area contributed by atoms with Gasteiger partial charge in [0.1, 0.15) is 18.2 Å². The van der Waals surface area contributed by atoms with Gasteiger partial charge in [0, 0.05) is 59.7 Å². The maximum Gasteiger partial charge on any atom is 0.424 e. The number of benzene rings is 1. The third-order valence-corrected chi connectivity index (χ3v) is 8.77. The molecule has 1 saturated carbocycles. The number of pyridine rings is 2. The molecule has 3 amide bonds. The van der Waals surface area contributed by atoms with Gasteiger partial charge in [-0.05, 0) is 49.3 Å². The van der Waals surface area contributed by atoms with Crippen molar-refractivity contribution in [1.82, 2.24) is 24.6 Å². The number of amides is 3. The van der Waals surface area contributed by atoms with E-state index in [1.165, 1.54) is 18.6 Å². The number of nitrogens with one attached hydrogen (secondary N) is 1. The highest BCUT2D eigenvalue weighted by molar-refractivity contribution is 6.36. The summed E-state index contributed by atoms with van der Waals surface area (Å²) in [5.41, 5.74) is 1.45. The lowest BCUT2D eigenvalue weighted by atomic mass is 9.98. The number of halogens is 2. The van der Waals surface area contributed by atoms with Crippen LogP contribution in [-0.2, 0) is 21.5 Å². The highest BCUT2D eigenvalue weighted by Gasteiger charge is 2.50. The molecule has 2 aliphatic rings. The summed E-state index contributed by atoms with van der Waals surface area (Å²) in [5.74, 6) is 0.203. The first-order chi connectivity index (χ1) is 21.5. The third-order valence-electron chi connectivity index (χ3n) is 8.40. The predicted molar refractivity (Wildman–Crippen MR) is 165 cm³/mol. The fourth-order valence-corrected chi connectivity index (χ4v) is 6.01.